The van der Waals surface area contributed by atoms with Crippen LogP contribution in [0.1, 0.15) is 41.7 Å². The molecule has 1 aromatic heterocycles. The number of fused-ring (bicyclic) bond motifs is 1. The summed E-state index contributed by atoms with van der Waals surface area (Å²) in [5, 5.41) is 1.65. The highest BCUT2D eigenvalue weighted by atomic mass is 35.5. The van der Waals surface area contributed by atoms with E-state index in [9.17, 15) is 9.59 Å². The van der Waals surface area contributed by atoms with Crippen molar-refractivity contribution in [3.8, 4) is 0 Å². The monoisotopic (exact) mass is 649 g/mol. The lowest BCUT2D eigenvalue weighted by Gasteiger charge is -2.37. The van der Waals surface area contributed by atoms with E-state index >= 15 is 0 Å². The van der Waals surface area contributed by atoms with Gasteiger partial charge in [0.1, 0.15) is 6.04 Å². The van der Waals surface area contributed by atoms with Crippen molar-refractivity contribution in [3.63, 3.8) is 0 Å². The van der Waals surface area contributed by atoms with Crippen molar-refractivity contribution in [2.24, 2.45) is 0 Å². The van der Waals surface area contributed by atoms with Gasteiger partial charge in [-0.25, -0.2) is 0 Å². The second-order valence-electron chi connectivity index (χ2n) is 12.9. The molecule has 1 unspecified atom stereocenters. The molecule has 0 aliphatic carbocycles. The Morgan fingerprint density at radius 3 is 1.88 bits per heavy atom. The predicted molar refractivity (Wildman–Crippen MR) is 193 cm³/mol. The zero-order valence-corrected chi connectivity index (χ0v) is 27.7. The van der Waals surface area contributed by atoms with Crippen LogP contribution in [-0.4, -0.2) is 40.2 Å². The highest BCUT2D eigenvalue weighted by Crippen LogP contribution is 2.46. The Balaban J connectivity index is 1.31. The van der Waals surface area contributed by atoms with E-state index in [-0.39, 0.29) is 0 Å². The SMILES string of the molecule is CC1(C)C(C(=O)C=O)N(c2ccc(C(c3ccccc3)(c3ccccc3)c3ccccc3)cc2)CN1Cc1ccnc2cc(Cl)ccc12. The second-order valence-corrected chi connectivity index (χ2v) is 13.3. The van der Waals surface area contributed by atoms with Crippen LogP contribution >= 0.6 is 11.6 Å². The minimum Gasteiger partial charge on any atom is -0.346 e. The number of carbonyl (C=O) groups is 2. The molecule has 1 saturated heterocycles. The summed E-state index contributed by atoms with van der Waals surface area (Å²) >= 11 is 6.26. The third-order valence-electron chi connectivity index (χ3n) is 9.91. The molecule has 1 atom stereocenters. The van der Waals surface area contributed by atoms with E-state index in [1.807, 2.05) is 56.3 Å². The molecule has 5 aromatic carbocycles. The number of ketones is 1. The van der Waals surface area contributed by atoms with Crippen molar-refractivity contribution in [3.05, 3.63) is 179 Å². The van der Waals surface area contributed by atoms with Crippen molar-refractivity contribution in [1.29, 1.82) is 0 Å². The summed E-state index contributed by atoms with van der Waals surface area (Å²) < 4.78 is 0. The van der Waals surface area contributed by atoms with Gasteiger partial charge in [0.2, 0.25) is 5.78 Å². The Hall–Kier alpha value is -5.10. The third kappa shape index (κ3) is 5.39. The molecule has 0 spiro atoms. The van der Waals surface area contributed by atoms with Crippen LogP contribution in [0.2, 0.25) is 5.02 Å². The molecular formula is C42H36ClN3O2. The second kappa shape index (κ2) is 12.8. The van der Waals surface area contributed by atoms with E-state index in [0.29, 0.717) is 24.5 Å². The number of carbonyl (C=O) groups excluding carboxylic acids is 2. The van der Waals surface area contributed by atoms with Gasteiger partial charge in [0.25, 0.3) is 0 Å². The van der Waals surface area contributed by atoms with Crippen LogP contribution < -0.4 is 4.90 Å². The maximum Gasteiger partial charge on any atom is 0.219 e. The number of pyridine rings is 1. The number of rotatable bonds is 9. The summed E-state index contributed by atoms with van der Waals surface area (Å²) in [6, 6.07) is 47.3. The normalized spacial score (nSPS) is 16.2. The molecule has 5 nitrogen and oxygen atoms in total. The number of anilines is 1. The van der Waals surface area contributed by atoms with Crippen molar-refractivity contribution >= 4 is 40.3 Å². The highest BCUT2D eigenvalue weighted by Gasteiger charge is 2.50. The first-order valence-corrected chi connectivity index (χ1v) is 16.5. The van der Waals surface area contributed by atoms with Gasteiger partial charge in [0.05, 0.1) is 17.6 Å². The number of aromatic nitrogens is 1. The van der Waals surface area contributed by atoms with E-state index < -0.39 is 22.8 Å². The Labute approximate surface area is 286 Å². The van der Waals surface area contributed by atoms with Gasteiger partial charge in [-0.15, -0.1) is 0 Å². The van der Waals surface area contributed by atoms with Gasteiger partial charge in [-0.05, 0) is 72.0 Å². The topological polar surface area (TPSA) is 53.5 Å². The van der Waals surface area contributed by atoms with Gasteiger partial charge in [0.15, 0.2) is 6.29 Å². The minimum atomic E-state index is -0.662. The average molecular weight is 650 g/mol. The lowest BCUT2D eigenvalue weighted by Crippen LogP contribution is -2.51. The standard InChI is InChI=1S/C42H36ClN3O2/c1-41(2)40(39(48)28-47)46(29-45(41)27-30-24-25-44-38-26-35(43)20-23-37(30)38)36-21-18-34(19-22-36)42(31-12-6-3-7-13-31,32-14-8-4-9-15-32)33-16-10-5-11-17-33/h3-26,28,40H,27,29H2,1-2H3. The molecule has 2 heterocycles. The summed E-state index contributed by atoms with van der Waals surface area (Å²) in [6.07, 6.45) is 2.26. The third-order valence-corrected chi connectivity index (χ3v) is 10.1. The van der Waals surface area contributed by atoms with Crippen LogP contribution in [-0.2, 0) is 21.5 Å². The number of hydrogen-bond acceptors (Lipinski definition) is 5. The number of benzene rings is 5. The average Bonchev–Trinajstić information content (AvgIpc) is 3.39. The number of aldehydes is 1. The van der Waals surface area contributed by atoms with Gasteiger partial charge in [-0.3, -0.25) is 19.5 Å². The van der Waals surface area contributed by atoms with Crippen molar-refractivity contribution in [2.75, 3.05) is 11.6 Å². The van der Waals surface area contributed by atoms with Gasteiger partial charge in [0, 0.05) is 34.4 Å². The van der Waals surface area contributed by atoms with Crippen molar-refractivity contribution in [2.45, 2.75) is 37.4 Å². The summed E-state index contributed by atoms with van der Waals surface area (Å²) in [7, 11) is 0. The number of halogens is 1. The molecule has 48 heavy (non-hydrogen) atoms. The zero-order chi connectivity index (χ0) is 33.3. The van der Waals surface area contributed by atoms with Crippen LogP contribution in [0.15, 0.2) is 146 Å². The fourth-order valence-corrected chi connectivity index (χ4v) is 7.71. The number of hydrogen-bond donors (Lipinski definition) is 0. The zero-order valence-electron chi connectivity index (χ0n) is 27.0. The van der Waals surface area contributed by atoms with E-state index in [4.69, 9.17) is 11.6 Å². The van der Waals surface area contributed by atoms with E-state index in [0.717, 1.165) is 44.4 Å². The Morgan fingerprint density at radius 2 is 1.33 bits per heavy atom. The van der Waals surface area contributed by atoms with Crippen molar-refractivity contribution < 1.29 is 9.59 Å². The first-order chi connectivity index (χ1) is 23.3. The van der Waals surface area contributed by atoms with Crippen LogP contribution in [0.4, 0.5) is 5.69 Å². The van der Waals surface area contributed by atoms with Gasteiger partial charge in [-0.2, -0.15) is 0 Å². The molecule has 0 bridgehead atoms. The molecule has 1 aliphatic heterocycles. The molecule has 1 aliphatic rings. The van der Waals surface area contributed by atoms with Crippen LogP contribution in [0, 0.1) is 0 Å². The lowest BCUT2D eigenvalue weighted by molar-refractivity contribution is -0.131. The lowest BCUT2D eigenvalue weighted by atomic mass is 9.65. The fourth-order valence-electron chi connectivity index (χ4n) is 7.54. The first-order valence-electron chi connectivity index (χ1n) is 16.1. The van der Waals surface area contributed by atoms with E-state index in [1.54, 1.807) is 6.20 Å². The molecule has 7 rings (SSSR count). The Morgan fingerprint density at radius 1 is 0.792 bits per heavy atom. The van der Waals surface area contributed by atoms with Crippen LogP contribution in [0.25, 0.3) is 10.9 Å². The summed E-state index contributed by atoms with van der Waals surface area (Å²) in [5.74, 6) is -0.440. The van der Waals surface area contributed by atoms with Crippen LogP contribution in [0.5, 0.6) is 0 Å². The smallest absolute Gasteiger partial charge is 0.219 e. The highest BCUT2D eigenvalue weighted by molar-refractivity contribution is 6.31. The molecule has 0 N–H and O–H groups in total. The molecule has 0 saturated carbocycles. The minimum absolute atomic E-state index is 0.440. The van der Waals surface area contributed by atoms with Crippen LogP contribution in [0.3, 0.4) is 0 Å². The first kappa shape index (κ1) is 31.5. The quantitative estimate of drug-likeness (QED) is 0.0894. The summed E-state index contributed by atoms with van der Waals surface area (Å²) in [4.78, 5) is 34.3. The Kier molecular flexibility index (Phi) is 8.42. The Bertz CT molecular complexity index is 1970. The number of Topliss-reactive ketones (excluding diaryl/α,β-unsaturated/α-hetero) is 1. The molecule has 1 fully saturated rings. The summed E-state index contributed by atoms with van der Waals surface area (Å²) in [6.45, 7) is 5.12. The maximum absolute atomic E-state index is 13.4. The molecule has 238 valence electrons. The predicted octanol–water partition coefficient (Wildman–Crippen LogP) is 8.47. The summed E-state index contributed by atoms with van der Waals surface area (Å²) in [5.41, 5.74) is 6.13. The van der Waals surface area contributed by atoms with Crippen molar-refractivity contribution in [1.82, 2.24) is 9.88 Å². The largest absolute Gasteiger partial charge is 0.346 e. The van der Waals surface area contributed by atoms with E-state index in [1.165, 1.54) is 0 Å². The molecule has 6 aromatic rings. The maximum atomic E-state index is 13.4. The fraction of sp³-hybridized carbons (Fsp3) is 0.167. The molecule has 6 heteroatoms. The molecule has 0 radical (unpaired) electrons. The number of nitrogens with zero attached hydrogens (tertiary/aromatic N) is 3. The van der Waals surface area contributed by atoms with Gasteiger partial charge >= 0.3 is 0 Å². The van der Waals surface area contributed by atoms with Gasteiger partial charge in [-0.1, -0.05) is 121 Å². The molecular weight excluding hydrogens is 614 g/mol. The molecule has 0 amide bonds. The van der Waals surface area contributed by atoms with E-state index in [2.05, 4.69) is 112 Å². The van der Waals surface area contributed by atoms with Gasteiger partial charge < -0.3 is 4.90 Å².